The van der Waals surface area contributed by atoms with Crippen molar-refractivity contribution >= 4 is 0 Å². The maximum Gasteiger partial charge on any atom is -0.00256 e. The van der Waals surface area contributed by atoms with Gasteiger partial charge in [-0.05, 0) is 73.4 Å². The third-order valence-corrected chi connectivity index (χ3v) is 4.44. The summed E-state index contributed by atoms with van der Waals surface area (Å²) in [6.45, 7) is 8.89. The SMILES string of the molecule is CCCCCc1ccc(Cc2ccc(C)c(C)c2)cc1C. The predicted octanol–water partition coefficient (Wildman–Crippen LogP) is 5.94. The number of benzene rings is 2. The zero-order valence-electron chi connectivity index (χ0n) is 14.0. The van der Waals surface area contributed by atoms with Crippen LogP contribution in [0.5, 0.6) is 0 Å². The lowest BCUT2D eigenvalue weighted by Crippen LogP contribution is -1.95. The van der Waals surface area contributed by atoms with Crippen molar-refractivity contribution in [1.29, 1.82) is 0 Å². The Bertz CT molecular complexity index is 593. The van der Waals surface area contributed by atoms with Gasteiger partial charge in [-0.25, -0.2) is 0 Å². The van der Waals surface area contributed by atoms with Crippen molar-refractivity contribution in [2.45, 2.75) is 59.8 Å². The normalized spacial score (nSPS) is 10.9. The van der Waals surface area contributed by atoms with Crippen molar-refractivity contribution in [2.24, 2.45) is 0 Å². The Balaban J connectivity index is 2.07. The van der Waals surface area contributed by atoms with Crippen molar-refractivity contribution in [1.82, 2.24) is 0 Å². The van der Waals surface area contributed by atoms with Gasteiger partial charge < -0.3 is 0 Å². The fourth-order valence-corrected chi connectivity index (χ4v) is 2.86. The van der Waals surface area contributed by atoms with Gasteiger partial charge in [-0.2, -0.15) is 0 Å². The van der Waals surface area contributed by atoms with Crippen LogP contribution in [0.2, 0.25) is 0 Å². The largest absolute Gasteiger partial charge is 0.0654 e. The van der Waals surface area contributed by atoms with Crippen LogP contribution in [0.4, 0.5) is 0 Å². The minimum absolute atomic E-state index is 1.04. The monoisotopic (exact) mass is 280 g/mol. The molecule has 0 unspecified atom stereocenters. The van der Waals surface area contributed by atoms with Gasteiger partial charge in [-0.3, -0.25) is 0 Å². The summed E-state index contributed by atoms with van der Waals surface area (Å²) in [7, 11) is 0. The van der Waals surface area contributed by atoms with Gasteiger partial charge in [0.25, 0.3) is 0 Å². The highest BCUT2D eigenvalue weighted by atomic mass is 14.1. The summed E-state index contributed by atoms with van der Waals surface area (Å²) < 4.78 is 0. The zero-order valence-corrected chi connectivity index (χ0v) is 14.0. The number of hydrogen-bond acceptors (Lipinski definition) is 0. The summed E-state index contributed by atoms with van der Waals surface area (Å²) in [5.41, 5.74) is 8.58. The van der Waals surface area contributed by atoms with Crippen LogP contribution in [-0.4, -0.2) is 0 Å². The molecule has 0 amide bonds. The van der Waals surface area contributed by atoms with Crippen molar-refractivity contribution in [2.75, 3.05) is 0 Å². The topological polar surface area (TPSA) is 0 Å². The maximum atomic E-state index is 2.37. The molecule has 0 heterocycles. The average Bonchev–Trinajstić information content (AvgIpc) is 2.45. The van der Waals surface area contributed by atoms with Gasteiger partial charge in [0.15, 0.2) is 0 Å². The van der Waals surface area contributed by atoms with Gasteiger partial charge in [0, 0.05) is 0 Å². The molecule has 0 atom stereocenters. The van der Waals surface area contributed by atoms with Crippen LogP contribution in [0, 0.1) is 20.8 Å². The predicted molar refractivity (Wildman–Crippen MR) is 93.1 cm³/mol. The molecule has 0 spiro atoms. The van der Waals surface area contributed by atoms with Crippen LogP contribution in [0.25, 0.3) is 0 Å². The first-order valence-corrected chi connectivity index (χ1v) is 8.24. The molecule has 0 N–H and O–H groups in total. The van der Waals surface area contributed by atoms with Crippen LogP contribution >= 0.6 is 0 Å². The minimum atomic E-state index is 1.04. The Hall–Kier alpha value is -1.56. The molecule has 0 aliphatic heterocycles. The number of unbranched alkanes of at least 4 members (excludes halogenated alkanes) is 2. The van der Waals surface area contributed by atoms with E-state index in [2.05, 4.69) is 64.1 Å². The lowest BCUT2D eigenvalue weighted by Gasteiger charge is -2.10. The van der Waals surface area contributed by atoms with Crippen LogP contribution in [0.15, 0.2) is 36.4 Å². The molecule has 0 aliphatic carbocycles. The lowest BCUT2D eigenvalue weighted by molar-refractivity contribution is 0.715. The molecular formula is C21H28. The van der Waals surface area contributed by atoms with Crippen molar-refractivity contribution in [3.05, 3.63) is 69.8 Å². The van der Waals surface area contributed by atoms with Gasteiger partial charge in [0.05, 0.1) is 0 Å². The second-order valence-electron chi connectivity index (χ2n) is 6.31. The molecule has 0 nitrogen and oxygen atoms in total. The maximum absolute atomic E-state index is 2.37. The average molecular weight is 280 g/mol. The Morgan fingerprint density at radius 3 is 2.00 bits per heavy atom. The molecule has 0 heteroatoms. The first-order valence-electron chi connectivity index (χ1n) is 8.24. The smallest absolute Gasteiger partial charge is 0.00256 e. The summed E-state index contributed by atoms with van der Waals surface area (Å²) in [5.74, 6) is 0. The van der Waals surface area contributed by atoms with Crippen LogP contribution in [0.1, 0.15) is 59.6 Å². The van der Waals surface area contributed by atoms with E-state index < -0.39 is 0 Å². The second-order valence-corrected chi connectivity index (χ2v) is 6.31. The van der Waals surface area contributed by atoms with E-state index in [1.54, 1.807) is 0 Å². The number of aryl methyl sites for hydroxylation is 4. The summed E-state index contributed by atoms with van der Waals surface area (Å²) >= 11 is 0. The standard InChI is InChI=1S/C21H28/c1-5-6-7-8-21-12-11-20(14-18(21)4)15-19-10-9-16(2)17(3)13-19/h9-14H,5-8,15H2,1-4H3. The van der Waals surface area contributed by atoms with E-state index in [0.29, 0.717) is 0 Å². The minimum Gasteiger partial charge on any atom is -0.0654 e. The van der Waals surface area contributed by atoms with E-state index in [1.165, 1.54) is 59.1 Å². The fourth-order valence-electron chi connectivity index (χ4n) is 2.86. The molecule has 0 bridgehead atoms. The fraction of sp³-hybridized carbons (Fsp3) is 0.429. The molecule has 0 fully saturated rings. The van der Waals surface area contributed by atoms with Gasteiger partial charge >= 0.3 is 0 Å². The Kier molecular flexibility index (Phi) is 5.61. The third-order valence-electron chi connectivity index (χ3n) is 4.44. The highest BCUT2D eigenvalue weighted by Crippen LogP contribution is 2.18. The summed E-state index contributed by atoms with van der Waals surface area (Å²) in [6.07, 6.45) is 6.21. The van der Waals surface area contributed by atoms with Crippen molar-refractivity contribution < 1.29 is 0 Å². The van der Waals surface area contributed by atoms with Crippen LogP contribution < -0.4 is 0 Å². The molecule has 0 aromatic heterocycles. The quantitative estimate of drug-likeness (QED) is 0.575. The molecule has 0 radical (unpaired) electrons. The van der Waals surface area contributed by atoms with E-state index >= 15 is 0 Å². The summed E-state index contributed by atoms with van der Waals surface area (Å²) in [4.78, 5) is 0. The van der Waals surface area contributed by atoms with E-state index in [4.69, 9.17) is 0 Å². The van der Waals surface area contributed by atoms with Crippen molar-refractivity contribution in [3.8, 4) is 0 Å². The van der Waals surface area contributed by atoms with Crippen molar-refractivity contribution in [3.63, 3.8) is 0 Å². The summed E-state index contributed by atoms with van der Waals surface area (Å²) in [5, 5.41) is 0. The van der Waals surface area contributed by atoms with E-state index in [-0.39, 0.29) is 0 Å². The molecule has 0 saturated carbocycles. The van der Waals surface area contributed by atoms with Crippen LogP contribution in [0.3, 0.4) is 0 Å². The van der Waals surface area contributed by atoms with Crippen LogP contribution in [-0.2, 0) is 12.8 Å². The number of hydrogen-bond donors (Lipinski definition) is 0. The number of rotatable bonds is 6. The van der Waals surface area contributed by atoms with Gasteiger partial charge in [0.2, 0.25) is 0 Å². The van der Waals surface area contributed by atoms with Gasteiger partial charge in [-0.15, -0.1) is 0 Å². The van der Waals surface area contributed by atoms with Gasteiger partial charge in [0.1, 0.15) is 0 Å². The molecule has 2 aromatic rings. The first kappa shape index (κ1) is 15.8. The molecule has 21 heavy (non-hydrogen) atoms. The van der Waals surface area contributed by atoms with E-state index in [1.807, 2.05) is 0 Å². The highest BCUT2D eigenvalue weighted by Gasteiger charge is 2.03. The molecule has 0 aliphatic rings. The summed E-state index contributed by atoms with van der Waals surface area (Å²) in [6, 6.07) is 13.8. The van der Waals surface area contributed by atoms with Gasteiger partial charge in [-0.1, -0.05) is 56.2 Å². The molecule has 2 aromatic carbocycles. The molecule has 112 valence electrons. The Morgan fingerprint density at radius 1 is 0.714 bits per heavy atom. The zero-order chi connectivity index (χ0) is 15.2. The highest BCUT2D eigenvalue weighted by molar-refractivity contribution is 5.37. The Morgan fingerprint density at radius 2 is 1.38 bits per heavy atom. The van der Waals surface area contributed by atoms with E-state index in [9.17, 15) is 0 Å². The second kappa shape index (κ2) is 7.45. The van der Waals surface area contributed by atoms with E-state index in [0.717, 1.165) is 6.42 Å². The molecular weight excluding hydrogens is 252 g/mol. The lowest BCUT2D eigenvalue weighted by atomic mass is 9.96. The third kappa shape index (κ3) is 4.46. The molecule has 2 rings (SSSR count). The first-order chi connectivity index (χ1) is 10.1. The Labute approximate surface area is 130 Å². The molecule has 0 saturated heterocycles.